The summed E-state index contributed by atoms with van der Waals surface area (Å²) < 4.78 is 16.7. The molecule has 0 aliphatic carbocycles. The normalized spacial score (nSPS) is 14.1. The van der Waals surface area contributed by atoms with Gasteiger partial charge in [0.15, 0.2) is 6.10 Å². The van der Waals surface area contributed by atoms with Crippen LogP contribution in [-0.4, -0.2) is 71.3 Å². The van der Waals surface area contributed by atoms with Crippen molar-refractivity contribution in [2.75, 3.05) is 13.2 Å². The van der Waals surface area contributed by atoms with Gasteiger partial charge < -0.3 is 14.2 Å². The molecule has 0 amide bonds. The maximum atomic E-state index is 12.8. The summed E-state index contributed by atoms with van der Waals surface area (Å²) in [5, 5.41) is 27.2. The van der Waals surface area contributed by atoms with Crippen LogP contribution in [-0.2, 0) is 43.3 Å². The van der Waals surface area contributed by atoms with Crippen LogP contribution in [0, 0.1) is 0 Å². The highest BCUT2D eigenvalue weighted by Crippen LogP contribution is 2.15. The van der Waals surface area contributed by atoms with Crippen LogP contribution in [0.3, 0.4) is 0 Å². The van der Waals surface area contributed by atoms with E-state index in [0.29, 0.717) is 25.7 Å². The van der Waals surface area contributed by atoms with Gasteiger partial charge in [-0.25, -0.2) is 14.7 Å². The van der Waals surface area contributed by atoms with Crippen LogP contribution in [0.2, 0.25) is 0 Å². The topological polar surface area (TPSA) is 167 Å². The molecule has 0 spiro atoms. The van der Waals surface area contributed by atoms with Crippen molar-refractivity contribution < 1.29 is 59.0 Å². The van der Waals surface area contributed by atoms with Crippen molar-refractivity contribution in [3.8, 4) is 0 Å². The fourth-order valence-corrected chi connectivity index (χ4v) is 7.11. The van der Waals surface area contributed by atoms with Crippen LogP contribution < -0.4 is 0 Å². The molecule has 3 N–H and O–H groups in total. The quantitative estimate of drug-likeness (QED) is 0.0132. The third-order valence-electron chi connectivity index (χ3n) is 11.3. The minimum Gasteiger partial charge on any atom is -0.462 e. The van der Waals surface area contributed by atoms with Crippen LogP contribution in [0.5, 0.6) is 0 Å². The Kier molecular flexibility index (Phi) is 47.9. The van der Waals surface area contributed by atoms with E-state index in [1.54, 1.807) is 0 Å². The molecule has 0 radical (unpaired) electrons. The zero-order valence-electron chi connectivity index (χ0n) is 42.1. The number of rotatable bonds is 48. The molecule has 0 aliphatic rings. The van der Waals surface area contributed by atoms with Crippen molar-refractivity contribution in [2.45, 2.75) is 244 Å². The number of esters is 3. The van der Waals surface area contributed by atoms with Crippen LogP contribution in [0.4, 0.5) is 0 Å². The van der Waals surface area contributed by atoms with Gasteiger partial charge in [-0.15, -0.1) is 0 Å². The van der Waals surface area contributed by atoms with Gasteiger partial charge in [-0.1, -0.05) is 196 Å². The minimum atomic E-state index is -0.874. The smallest absolute Gasteiger partial charge is 0.306 e. The third-order valence-corrected chi connectivity index (χ3v) is 11.3. The van der Waals surface area contributed by atoms with Crippen LogP contribution >= 0.6 is 0 Å². The monoisotopic (exact) mass is 947 g/mol. The van der Waals surface area contributed by atoms with Crippen LogP contribution in [0.1, 0.15) is 220 Å². The van der Waals surface area contributed by atoms with E-state index >= 15 is 0 Å². The second-order valence-corrected chi connectivity index (χ2v) is 17.5. The Hall–Kier alpha value is -3.39. The van der Waals surface area contributed by atoms with Crippen molar-refractivity contribution in [1.82, 2.24) is 0 Å². The van der Waals surface area contributed by atoms with Gasteiger partial charge in [-0.05, 0) is 77.0 Å². The zero-order valence-corrected chi connectivity index (χ0v) is 42.1. The van der Waals surface area contributed by atoms with E-state index in [9.17, 15) is 19.6 Å². The van der Waals surface area contributed by atoms with E-state index in [1.807, 2.05) is 54.7 Å². The molecule has 3 unspecified atom stereocenters. The highest BCUT2D eigenvalue weighted by atomic mass is 17.1. The highest BCUT2D eigenvalue weighted by Gasteiger charge is 2.19. The molecule has 0 fully saturated rings. The van der Waals surface area contributed by atoms with Crippen molar-refractivity contribution in [1.29, 1.82) is 0 Å². The minimum absolute atomic E-state index is 0.166. The number of unbranched alkanes of at least 4 members (excludes halogenated alkanes) is 19. The number of carbonyl (C=O) groups is 3. The number of hydrogen-bond donors (Lipinski definition) is 3. The predicted molar refractivity (Wildman–Crippen MR) is 269 cm³/mol. The summed E-state index contributed by atoms with van der Waals surface area (Å²) in [5.41, 5.74) is 0. The molecule has 386 valence electrons. The highest BCUT2D eigenvalue weighted by molar-refractivity contribution is 5.71. The van der Waals surface area contributed by atoms with Gasteiger partial charge in [0.2, 0.25) is 0 Å². The number of carbonyl (C=O) groups excluding carboxylic acids is 3. The summed E-state index contributed by atoms with van der Waals surface area (Å²) in [6.45, 7) is 6.06. The maximum Gasteiger partial charge on any atom is 0.306 e. The molecule has 12 heteroatoms. The van der Waals surface area contributed by atoms with Gasteiger partial charge in [-0.3, -0.25) is 30.2 Å². The molecule has 0 aromatic rings. The van der Waals surface area contributed by atoms with E-state index in [0.717, 1.165) is 135 Å². The molecule has 4 atom stereocenters. The Labute approximate surface area is 406 Å². The molecule has 0 saturated carbocycles. The molecular formula is C55H94O12. The van der Waals surface area contributed by atoms with E-state index in [2.05, 4.69) is 53.7 Å². The first-order valence-electron chi connectivity index (χ1n) is 26.2. The summed E-state index contributed by atoms with van der Waals surface area (Å²) in [7, 11) is 0. The van der Waals surface area contributed by atoms with Crippen LogP contribution in [0.15, 0.2) is 72.9 Å². The Morgan fingerprint density at radius 1 is 0.388 bits per heavy atom. The number of ether oxygens (including phenoxy) is 3. The van der Waals surface area contributed by atoms with Crippen molar-refractivity contribution in [3.05, 3.63) is 72.9 Å². The first-order chi connectivity index (χ1) is 32.8. The average molecular weight is 947 g/mol. The third kappa shape index (κ3) is 44.9. The van der Waals surface area contributed by atoms with Gasteiger partial charge in [0, 0.05) is 19.3 Å². The molecule has 0 saturated heterocycles. The fourth-order valence-electron chi connectivity index (χ4n) is 7.11. The molecule has 67 heavy (non-hydrogen) atoms. The molecule has 0 rings (SSSR count). The van der Waals surface area contributed by atoms with Crippen molar-refractivity contribution in [2.24, 2.45) is 0 Å². The van der Waals surface area contributed by atoms with Gasteiger partial charge in [0.1, 0.15) is 31.5 Å². The molecule has 0 aliphatic heterocycles. The Balaban J connectivity index is 4.68. The lowest BCUT2D eigenvalue weighted by atomic mass is 10.1. The summed E-state index contributed by atoms with van der Waals surface area (Å²) in [4.78, 5) is 51.7. The molecule has 0 aromatic carbocycles. The van der Waals surface area contributed by atoms with Crippen molar-refractivity contribution in [3.63, 3.8) is 0 Å². The predicted octanol–water partition coefficient (Wildman–Crippen LogP) is 15.0. The largest absolute Gasteiger partial charge is 0.462 e. The van der Waals surface area contributed by atoms with Gasteiger partial charge in [0.25, 0.3) is 0 Å². The molecule has 12 nitrogen and oxygen atoms in total. The summed E-state index contributed by atoms with van der Waals surface area (Å²) in [5.74, 6) is -1.15. The van der Waals surface area contributed by atoms with Crippen LogP contribution in [0.25, 0.3) is 0 Å². The molecular weight excluding hydrogens is 853 g/mol. The fraction of sp³-hybridized carbons (Fsp3) is 0.727. The lowest BCUT2D eigenvalue weighted by Crippen LogP contribution is -2.30. The molecule has 0 bridgehead atoms. The Bertz CT molecular complexity index is 1320. The van der Waals surface area contributed by atoms with Gasteiger partial charge >= 0.3 is 17.9 Å². The zero-order chi connectivity index (χ0) is 49.1. The Morgan fingerprint density at radius 3 is 1.10 bits per heavy atom. The summed E-state index contributed by atoms with van der Waals surface area (Å²) in [6, 6.07) is 0. The maximum absolute atomic E-state index is 12.8. The van der Waals surface area contributed by atoms with E-state index in [1.165, 1.54) is 19.3 Å². The number of hydrogen-bond acceptors (Lipinski definition) is 12. The standard InChI is InChI=1S/C55H94O12/c1-4-7-10-11-18-24-33-42-51(67-61)43-34-27-23-30-36-45-54(57)63-48-52(64-55(58)46-37-29-22-17-13-15-20-26-32-41-50(66-60)39-9-6-3)47-62-53(56)44-35-28-21-16-12-14-19-25-31-40-49(65-59)38-8-5-2/h18-20,24-26,31-33,40-42,49-52,59-61H,4-17,21-23,27-30,34-39,43-48H2,1-3H3/b24-18-,25-19-,26-20-,40-31+,41-32+,42-33+/t49?,50?,51?,52-/m1/s1. The average Bonchev–Trinajstić information content (AvgIpc) is 3.33. The lowest BCUT2D eigenvalue weighted by molar-refractivity contribution is -0.267. The van der Waals surface area contributed by atoms with E-state index in [-0.39, 0.29) is 62.7 Å². The second kappa shape index (κ2) is 50.5. The first-order valence-corrected chi connectivity index (χ1v) is 26.2. The molecule has 0 aromatic heterocycles. The Morgan fingerprint density at radius 2 is 0.716 bits per heavy atom. The van der Waals surface area contributed by atoms with Gasteiger partial charge in [-0.2, -0.15) is 0 Å². The summed E-state index contributed by atoms with van der Waals surface area (Å²) in [6.07, 6.45) is 49.3. The lowest BCUT2D eigenvalue weighted by Gasteiger charge is -2.18. The van der Waals surface area contributed by atoms with Gasteiger partial charge in [0.05, 0.1) is 0 Å². The van der Waals surface area contributed by atoms with Crippen molar-refractivity contribution >= 4 is 17.9 Å². The number of allylic oxidation sites excluding steroid dienone is 9. The second-order valence-electron chi connectivity index (χ2n) is 17.5. The molecule has 0 heterocycles. The SMILES string of the molecule is CCCCC/C=C\C=C\C(CCCCCCCC(=O)OC[C@@H](COC(=O)CCCCCCC/C=C\C=C\C(CCCC)OO)OC(=O)CCCCCCC/C=C\C=C\C(CCCC)OO)OO. The van der Waals surface area contributed by atoms with E-state index in [4.69, 9.17) is 24.7 Å². The summed E-state index contributed by atoms with van der Waals surface area (Å²) >= 11 is 0. The first kappa shape index (κ1) is 63.6. The van der Waals surface area contributed by atoms with E-state index < -0.39 is 12.1 Å².